The number of nitrogens with one attached hydrogen (secondary N) is 1. The fourth-order valence-corrected chi connectivity index (χ4v) is 2.72. The van der Waals surface area contributed by atoms with Gasteiger partial charge in [-0.1, -0.05) is 0 Å². The Morgan fingerprint density at radius 3 is 2.54 bits per heavy atom. The van der Waals surface area contributed by atoms with Crippen LogP contribution >= 0.6 is 12.2 Å². The Balaban J connectivity index is 1.99. The Kier molecular flexibility index (Phi) is 1.94. The maximum Gasteiger partial charge on any atom is 0.251 e. The van der Waals surface area contributed by atoms with Crippen molar-refractivity contribution in [3.63, 3.8) is 0 Å². The van der Waals surface area contributed by atoms with Crippen molar-refractivity contribution in [1.82, 2.24) is 5.32 Å². The summed E-state index contributed by atoms with van der Waals surface area (Å²) in [5.41, 5.74) is 5.30. The molecule has 0 amide bonds. The SMILES string of the molecule is NC(=S)N[C@H]1C[C@H]2CC1CC2(F)F. The first-order valence-corrected chi connectivity index (χ1v) is 4.83. The van der Waals surface area contributed by atoms with Gasteiger partial charge in [-0.2, -0.15) is 0 Å². The highest BCUT2D eigenvalue weighted by Crippen LogP contribution is 2.53. The van der Waals surface area contributed by atoms with Crippen LogP contribution in [-0.4, -0.2) is 17.1 Å². The molecule has 2 rings (SSSR count). The summed E-state index contributed by atoms with van der Waals surface area (Å²) >= 11 is 4.68. The quantitative estimate of drug-likeness (QED) is 0.634. The molecule has 2 bridgehead atoms. The van der Waals surface area contributed by atoms with Crippen LogP contribution in [0, 0.1) is 11.8 Å². The molecule has 0 spiro atoms. The molecule has 0 radical (unpaired) electrons. The minimum Gasteiger partial charge on any atom is -0.376 e. The normalized spacial score (nSPS) is 40.6. The van der Waals surface area contributed by atoms with Gasteiger partial charge < -0.3 is 11.1 Å². The number of hydrogen-bond donors (Lipinski definition) is 2. The molecule has 13 heavy (non-hydrogen) atoms. The van der Waals surface area contributed by atoms with Crippen LogP contribution in [0.5, 0.6) is 0 Å². The van der Waals surface area contributed by atoms with Crippen molar-refractivity contribution in [1.29, 1.82) is 0 Å². The van der Waals surface area contributed by atoms with E-state index in [4.69, 9.17) is 5.73 Å². The monoisotopic (exact) mass is 206 g/mol. The van der Waals surface area contributed by atoms with E-state index in [2.05, 4.69) is 17.5 Å². The van der Waals surface area contributed by atoms with Crippen molar-refractivity contribution in [3.05, 3.63) is 0 Å². The highest BCUT2D eigenvalue weighted by atomic mass is 32.1. The molecule has 2 fully saturated rings. The van der Waals surface area contributed by atoms with Crippen molar-refractivity contribution in [3.8, 4) is 0 Å². The fraction of sp³-hybridized carbons (Fsp3) is 0.875. The van der Waals surface area contributed by atoms with Crippen LogP contribution in [0.25, 0.3) is 0 Å². The molecule has 3 N–H and O–H groups in total. The zero-order valence-corrected chi connectivity index (χ0v) is 7.91. The summed E-state index contributed by atoms with van der Waals surface area (Å²) in [5, 5.41) is 3.11. The summed E-state index contributed by atoms with van der Waals surface area (Å²) in [6.45, 7) is 0. The number of nitrogens with two attached hydrogens (primary N) is 1. The number of rotatable bonds is 1. The topological polar surface area (TPSA) is 38.0 Å². The minimum absolute atomic E-state index is 0.00204. The van der Waals surface area contributed by atoms with E-state index in [-0.39, 0.29) is 23.5 Å². The second-order valence-electron chi connectivity index (χ2n) is 4.01. The molecule has 3 atom stereocenters. The van der Waals surface area contributed by atoms with E-state index >= 15 is 0 Å². The van der Waals surface area contributed by atoms with Gasteiger partial charge in [-0.15, -0.1) is 0 Å². The molecule has 74 valence electrons. The molecule has 0 aliphatic heterocycles. The Morgan fingerprint density at radius 2 is 2.15 bits per heavy atom. The smallest absolute Gasteiger partial charge is 0.251 e. The Labute approximate surface area is 80.9 Å². The van der Waals surface area contributed by atoms with Crippen LogP contribution in [0.2, 0.25) is 0 Å². The third kappa shape index (κ3) is 1.49. The number of hydrogen-bond acceptors (Lipinski definition) is 1. The van der Waals surface area contributed by atoms with Crippen LogP contribution < -0.4 is 11.1 Å². The molecular weight excluding hydrogens is 194 g/mol. The number of alkyl halides is 2. The molecule has 2 saturated carbocycles. The van der Waals surface area contributed by atoms with Gasteiger partial charge >= 0.3 is 0 Å². The van der Waals surface area contributed by atoms with Crippen LogP contribution in [-0.2, 0) is 0 Å². The number of fused-ring (bicyclic) bond motifs is 2. The Hall–Kier alpha value is -0.450. The number of thiocarbonyl (C=S) groups is 1. The zero-order chi connectivity index (χ0) is 9.64. The summed E-state index contributed by atoms with van der Waals surface area (Å²) in [6, 6.07) is 0.0853. The fourth-order valence-electron chi connectivity index (χ4n) is 2.57. The lowest BCUT2D eigenvalue weighted by atomic mass is 9.92. The summed E-state index contributed by atoms with van der Waals surface area (Å²) in [7, 11) is 0. The second-order valence-corrected chi connectivity index (χ2v) is 4.45. The molecule has 2 nitrogen and oxygen atoms in total. The Bertz CT molecular complexity index is 244. The predicted molar refractivity (Wildman–Crippen MR) is 49.5 cm³/mol. The van der Waals surface area contributed by atoms with Gasteiger partial charge in [-0.3, -0.25) is 0 Å². The number of halogens is 2. The average Bonchev–Trinajstić information content (AvgIpc) is 2.41. The Morgan fingerprint density at radius 1 is 1.46 bits per heavy atom. The second kappa shape index (κ2) is 2.77. The van der Waals surface area contributed by atoms with Gasteiger partial charge in [0.05, 0.1) is 0 Å². The van der Waals surface area contributed by atoms with Crippen LogP contribution in [0.3, 0.4) is 0 Å². The van der Waals surface area contributed by atoms with Crippen molar-refractivity contribution >= 4 is 17.3 Å². The van der Waals surface area contributed by atoms with Gasteiger partial charge in [0.15, 0.2) is 5.11 Å². The standard InChI is InChI=1S/C8H12F2N2S/c9-8(10)3-4-1-5(8)2-6(4)12-7(11)13/h4-6H,1-3H2,(H3,11,12,13)/t4?,5-,6+/m1/s1. The van der Waals surface area contributed by atoms with E-state index in [0.717, 1.165) is 0 Å². The third-order valence-electron chi connectivity index (χ3n) is 3.15. The van der Waals surface area contributed by atoms with E-state index in [9.17, 15) is 8.78 Å². The van der Waals surface area contributed by atoms with Gasteiger partial charge in [0.25, 0.3) is 5.92 Å². The van der Waals surface area contributed by atoms with Gasteiger partial charge in [-0.25, -0.2) is 8.78 Å². The summed E-state index contributed by atoms with van der Waals surface area (Å²) in [5.74, 6) is -2.84. The van der Waals surface area contributed by atoms with E-state index in [1.807, 2.05) is 0 Å². The maximum absolute atomic E-state index is 13.1. The molecule has 2 aliphatic carbocycles. The van der Waals surface area contributed by atoms with Gasteiger partial charge in [0, 0.05) is 18.4 Å². The van der Waals surface area contributed by atoms with Crippen LogP contribution in [0.1, 0.15) is 19.3 Å². The first-order chi connectivity index (χ1) is 5.99. The predicted octanol–water partition coefficient (Wildman–Crippen LogP) is 1.25. The van der Waals surface area contributed by atoms with Crippen LogP contribution in [0.4, 0.5) is 8.78 Å². The van der Waals surface area contributed by atoms with E-state index in [1.165, 1.54) is 0 Å². The molecular formula is C8H12F2N2S. The first-order valence-electron chi connectivity index (χ1n) is 4.43. The first kappa shape index (κ1) is 9.12. The van der Waals surface area contributed by atoms with E-state index in [0.29, 0.717) is 12.8 Å². The van der Waals surface area contributed by atoms with E-state index < -0.39 is 11.8 Å². The van der Waals surface area contributed by atoms with Gasteiger partial charge in [0.1, 0.15) is 0 Å². The maximum atomic E-state index is 13.1. The molecule has 2 aliphatic rings. The summed E-state index contributed by atoms with van der Waals surface area (Å²) in [4.78, 5) is 0. The molecule has 0 saturated heterocycles. The molecule has 0 aromatic rings. The van der Waals surface area contributed by atoms with E-state index in [1.54, 1.807) is 0 Å². The highest BCUT2D eigenvalue weighted by molar-refractivity contribution is 7.80. The zero-order valence-electron chi connectivity index (χ0n) is 7.09. The van der Waals surface area contributed by atoms with Crippen LogP contribution in [0.15, 0.2) is 0 Å². The summed E-state index contributed by atoms with van der Waals surface area (Å²) in [6.07, 6.45) is 1.13. The lowest BCUT2D eigenvalue weighted by molar-refractivity contribution is -0.0554. The third-order valence-corrected chi connectivity index (χ3v) is 3.27. The molecule has 0 aromatic heterocycles. The van der Waals surface area contributed by atoms with Crippen molar-refractivity contribution < 1.29 is 8.78 Å². The molecule has 0 aromatic carbocycles. The van der Waals surface area contributed by atoms with Crippen molar-refractivity contribution in [2.75, 3.05) is 0 Å². The molecule has 1 unspecified atom stereocenters. The van der Waals surface area contributed by atoms with Gasteiger partial charge in [0.2, 0.25) is 0 Å². The minimum atomic E-state index is -2.45. The van der Waals surface area contributed by atoms with Gasteiger partial charge in [-0.05, 0) is 31.0 Å². The molecule has 0 heterocycles. The van der Waals surface area contributed by atoms with Crippen molar-refractivity contribution in [2.24, 2.45) is 17.6 Å². The lowest BCUT2D eigenvalue weighted by Crippen LogP contribution is -2.44. The largest absolute Gasteiger partial charge is 0.376 e. The average molecular weight is 206 g/mol. The summed E-state index contributed by atoms with van der Waals surface area (Å²) < 4.78 is 26.1. The highest BCUT2D eigenvalue weighted by Gasteiger charge is 2.56. The van der Waals surface area contributed by atoms with Crippen molar-refractivity contribution in [2.45, 2.75) is 31.2 Å². The lowest BCUT2D eigenvalue weighted by Gasteiger charge is -2.28. The molecule has 5 heteroatoms.